The Kier molecular flexibility index (Phi) is 4.36. The zero-order valence-corrected chi connectivity index (χ0v) is 13.8. The minimum absolute atomic E-state index is 0.204. The minimum atomic E-state index is -0.491. The van der Waals surface area contributed by atoms with E-state index in [-0.39, 0.29) is 12.4 Å². The van der Waals surface area contributed by atoms with E-state index < -0.39 is 5.97 Å². The fourth-order valence-corrected chi connectivity index (χ4v) is 3.38. The summed E-state index contributed by atoms with van der Waals surface area (Å²) in [6.45, 7) is -0.251. The van der Waals surface area contributed by atoms with Crippen LogP contribution in [-0.2, 0) is 4.74 Å². The number of carbonyl (C=O) groups excluding carboxylic acids is 2. The summed E-state index contributed by atoms with van der Waals surface area (Å²) >= 11 is 4.62. The fourth-order valence-electron chi connectivity index (χ4n) is 2.07. The average Bonchev–Trinajstić information content (AvgIpc) is 2.98. The molecule has 3 aromatic rings. The summed E-state index contributed by atoms with van der Waals surface area (Å²) in [7, 11) is 0. The molecule has 0 fully saturated rings. The maximum atomic E-state index is 12.0. The van der Waals surface area contributed by atoms with Gasteiger partial charge in [-0.05, 0) is 51.0 Å². The van der Waals surface area contributed by atoms with Crippen LogP contribution in [0.5, 0.6) is 0 Å². The van der Waals surface area contributed by atoms with Crippen molar-refractivity contribution in [1.82, 2.24) is 0 Å². The Bertz CT molecular complexity index is 854. The summed E-state index contributed by atoms with van der Waals surface area (Å²) in [6.07, 6.45) is 0. The molecule has 0 spiro atoms. The normalized spacial score (nSPS) is 10.6. The maximum absolute atomic E-state index is 12.0. The highest BCUT2D eigenvalue weighted by Crippen LogP contribution is 2.22. The monoisotopic (exact) mass is 374 g/mol. The first kappa shape index (κ1) is 14.9. The van der Waals surface area contributed by atoms with Crippen LogP contribution in [0.2, 0.25) is 0 Å². The number of hydrogen-bond acceptors (Lipinski definition) is 4. The van der Waals surface area contributed by atoms with Gasteiger partial charge in [-0.25, -0.2) is 4.79 Å². The summed E-state index contributed by atoms with van der Waals surface area (Å²) in [6, 6.07) is 16.6. The number of rotatable bonds is 4. The number of ketones is 1. The molecule has 22 heavy (non-hydrogen) atoms. The number of halogens is 1. The standard InChI is InChI=1S/C17H11BrO3S/c18-16-8-7-15(22-16)14(19)10-21-17(20)13-6-5-11-3-1-2-4-12(11)9-13/h1-9H,10H2. The van der Waals surface area contributed by atoms with Crippen molar-refractivity contribution in [1.29, 1.82) is 0 Å². The summed E-state index contributed by atoms with van der Waals surface area (Å²) in [5.41, 5.74) is 0.443. The molecule has 3 rings (SSSR count). The quantitative estimate of drug-likeness (QED) is 0.490. The molecule has 3 nitrogen and oxygen atoms in total. The van der Waals surface area contributed by atoms with Crippen molar-refractivity contribution in [3.63, 3.8) is 0 Å². The van der Waals surface area contributed by atoms with E-state index in [9.17, 15) is 9.59 Å². The van der Waals surface area contributed by atoms with Crippen LogP contribution in [0.25, 0.3) is 10.8 Å². The topological polar surface area (TPSA) is 43.4 Å². The molecule has 0 unspecified atom stereocenters. The van der Waals surface area contributed by atoms with Crippen LogP contribution in [0.1, 0.15) is 20.0 Å². The highest BCUT2D eigenvalue weighted by Gasteiger charge is 2.13. The average molecular weight is 375 g/mol. The molecule has 0 aliphatic heterocycles. The molecular weight excluding hydrogens is 364 g/mol. The number of hydrogen-bond donors (Lipinski definition) is 0. The second-order valence-corrected chi connectivity index (χ2v) is 7.13. The van der Waals surface area contributed by atoms with Crippen LogP contribution in [0.4, 0.5) is 0 Å². The SMILES string of the molecule is O=C(OCC(=O)c1ccc(Br)s1)c1ccc2ccccc2c1. The van der Waals surface area contributed by atoms with Crippen molar-refractivity contribution in [2.45, 2.75) is 0 Å². The number of Topliss-reactive ketones (excluding diaryl/α,β-unsaturated/α-hetero) is 1. The van der Waals surface area contributed by atoms with E-state index in [0.717, 1.165) is 14.6 Å². The Hall–Kier alpha value is -1.98. The summed E-state index contributed by atoms with van der Waals surface area (Å²) < 4.78 is 5.98. The molecule has 0 N–H and O–H groups in total. The Morgan fingerprint density at radius 2 is 1.77 bits per heavy atom. The molecule has 0 aliphatic carbocycles. The lowest BCUT2D eigenvalue weighted by Gasteiger charge is -2.05. The minimum Gasteiger partial charge on any atom is -0.454 e. The number of thiophene rings is 1. The van der Waals surface area contributed by atoms with E-state index in [1.807, 2.05) is 30.3 Å². The third-order valence-corrected chi connectivity index (χ3v) is 4.83. The smallest absolute Gasteiger partial charge is 0.338 e. The lowest BCUT2D eigenvalue weighted by molar-refractivity contribution is 0.0476. The summed E-state index contributed by atoms with van der Waals surface area (Å²) in [5.74, 6) is -0.695. The van der Waals surface area contributed by atoms with Crippen molar-refractivity contribution in [3.8, 4) is 0 Å². The second-order valence-electron chi connectivity index (χ2n) is 4.66. The zero-order valence-electron chi connectivity index (χ0n) is 11.4. The van der Waals surface area contributed by atoms with Gasteiger partial charge in [0.2, 0.25) is 5.78 Å². The molecule has 0 amide bonds. The van der Waals surface area contributed by atoms with E-state index in [2.05, 4.69) is 15.9 Å². The Morgan fingerprint density at radius 3 is 2.50 bits per heavy atom. The van der Waals surface area contributed by atoms with Crippen molar-refractivity contribution in [2.24, 2.45) is 0 Å². The molecule has 0 bridgehead atoms. The van der Waals surface area contributed by atoms with Gasteiger partial charge >= 0.3 is 5.97 Å². The molecule has 2 aromatic carbocycles. The van der Waals surface area contributed by atoms with E-state index in [0.29, 0.717) is 10.4 Å². The van der Waals surface area contributed by atoms with Gasteiger partial charge in [0.15, 0.2) is 6.61 Å². The van der Waals surface area contributed by atoms with Gasteiger partial charge in [-0.15, -0.1) is 11.3 Å². The summed E-state index contributed by atoms with van der Waals surface area (Å²) in [4.78, 5) is 24.5. The van der Waals surface area contributed by atoms with E-state index in [4.69, 9.17) is 4.74 Å². The highest BCUT2D eigenvalue weighted by molar-refractivity contribution is 9.11. The van der Waals surface area contributed by atoms with Crippen LogP contribution >= 0.6 is 27.3 Å². The van der Waals surface area contributed by atoms with Gasteiger partial charge < -0.3 is 4.74 Å². The number of fused-ring (bicyclic) bond motifs is 1. The molecule has 1 aromatic heterocycles. The second kappa shape index (κ2) is 6.42. The van der Waals surface area contributed by atoms with E-state index >= 15 is 0 Å². The predicted octanol–water partition coefficient (Wildman–Crippen LogP) is 4.70. The Morgan fingerprint density at radius 1 is 1.00 bits per heavy atom. The third kappa shape index (κ3) is 3.26. The zero-order chi connectivity index (χ0) is 15.5. The first-order valence-electron chi connectivity index (χ1n) is 6.58. The van der Waals surface area contributed by atoms with Gasteiger partial charge in [0.1, 0.15) is 0 Å². The third-order valence-electron chi connectivity index (χ3n) is 3.17. The Labute approximate surface area is 139 Å². The molecule has 110 valence electrons. The van der Waals surface area contributed by atoms with Gasteiger partial charge in [-0.3, -0.25) is 4.79 Å². The van der Waals surface area contributed by atoms with Crippen molar-refractivity contribution in [2.75, 3.05) is 6.61 Å². The van der Waals surface area contributed by atoms with Crippen LogP contribution in [0.15, 0.2) is 58.4 Å². The molecular formula is C17H11BrO3S. The fraction of sp³-hybridized carbons (Fsp3) is 0.0588. The van der Waals surface area contributed by atoms with Crippen molar-refractivity contribution < 1.29 is 14.3 Å². The molecule has 0 saturated carbocycles. The summed E-state index contributed by atoms with van der Waals surface area (Å²) in [5, 5.41) is 2.02. The van der Waals surface area contributed by atoms with Crippen LogP contribution < -0.4 is 0 Å². The number of ether oxygens (including phenoxy) is 1. The largest absolute Gasteiger partial charge is 0.454 e. The maximum Gasteiger partial charge on any atom is 0.338 e. The molecule has 0 aliphatic rings. The van der Waals surface area contributed by atoms with Crippen molar-refractivity contribution >= 4 is 49.8 Å². The van der Waals surface area contributed by atoms with Crippen LogP contribution in [0.3, 0.4) is 0 Å². The number of esters is 1. The molecule has 5 heteroatoms. The molecule has 0 atom stereocenters. The van der Waals surface area contributed by atoms with Gasteiger partial charge in [-0.1, -0.05) is 30.3 Å². The molecule has 0 radical (unpaired) electrons. The predicted molar refractivity (Wildman–Crippen MR) is 90.6 cm³/mol. The van der Waals surface area contributed by atoms with Gasteiger partial charge in [0.25, 0.3) is 0 Å². The number of carbonyl (C=O) groups is 2. The van der Waals surface area contributed by atoms with Gasteiger partial charge in [-0.2, -0.15) is 0 Å². The number of benzene rings is 2. The van der Waals surface area contributed by atoms with Gasteiger partial charge in [0.05, 0.1) is 14.2 Å². The first-order valence-corrected chi connectivity index (χ1v) is 8.19. The lowest BCUT2D eigenvalue weighted by atomic mass is 10.1. The van der Waals surface area contributed by atoms with E-state index in [1.54, 1.807) is 24.3 Å². The molecule has 1 heterocycles. The lowest BCUT2D eigenvalue weighted by Crippen LogP contribution is -2.13. The van der Waals surface area contributed by atoms with Gasteiger partial charge in [0, 0.05) is 0 Å². The van der Waals surface area contributed by atoms with Crippen molar-refractivity contribution in [3.05, 3.63) is 68.8 Å². The van der Waals surface area contributed by atoms with Crippen LogP contribution in [0, 0.1) is 0 Å². The Balaban J connectivity index is 1.69. The van der Waals surface area contributed by atoms with E-state index in [1.165, 1.54) is 11.3 Å². The van der Waals surface area contributed by atoms with Crippen LogP contribution in [-0.4, -0.2) is 18.4 Å². The highest BCUT2D eigenvalue weighted by atomic mass is 79.9. The first-order chi connectivity index (χ1) is 10.6. The molecule has 0 saturated heterocycles.